The van der Waals surface area contributed by atoms with Crippen LogP contribution >= 0.6 is 11.6 Å². The third kappa shape index (κ3) is 4.95. The summed E-state index contributed by atoms with van der Waals surface area (Å²) < 4.78 is 27.1. The highest BCUT2D eigenvalue weighted by atomic mass is 35.5. The van der Waals surface area contributed by atoms with E-state index in [-0.39, 0.29) is 22.9 Å². The van der Waals surface area contributed by atoms with Crippen LogP contribution in [0.5, 0.6) is 0 Å². The van der Waals surface area contributed by atoms with E-state index in [9.17, 15) is 13.2 Å². The maximum Gasteiger partial charge on any atom is 0.243 e. The molecule has 0 unspecified atom stereocenters. The molecular formula is C23H28ClN3O3S. The number of carbonyl (C=O) groups excluding carboxylic acids is 1. The average molecular weight is 462 g/mol. The molecule has 1 heterocycles. The average Bonchev–Trinajstić information content (AvgIpc) is 3.46. The lowest BCUT2D eigenvalue weighted by molar-refractivity contribution is -0.115. The van der Waals surface area contributed by atoms with Gasteiger partial charge in [0, 0.05) is 29.3 Å². The van der Waals surface area contributed by atoms with E-state index < -0.39 is 10.0 Å². The van der Waals surface area contributed by atoms with Crippen LogP contribution in [-0.2, 0) is 20.4 Å². The van der Waals surface area contributed by atoms with E-state index in [1.54, 1.807) is 18.2 Å². The van der Waals surface area contributed by atoms with Gasteiger partial charge in [0.1, 0.15) is 0 Å². The van der Waals surface area contributed by atoms with Crippen LogP contribution in [0.25, 0.3) is 0 Å². The van der Waals surface area contributed by atoms with E-state index >= 15 is 0 Å². The first-order chi connectivity index (χ1) is 14.9. The standard InChI is InChI=1S/C23H28ClN3O3S/c24-19-10-8-18(9-11-19)23(12-1-2-13-23)25-17-22(28)26-20-6-5-7-21(16-20)31(29,30)27-14-3-4-15-27/h5-11,16,25H,1-4,12-15,17H2,(H,26,28). The third-order valence-electron chi connectivity index (χ3n) is 6.26. The zero-order valence-electron chi connectivity index (χ0n) is 17.4. The molecule has 1 aliphatic heterocycles. The van der Waals surface area contributed by atoms with Gasteiger partial charge in [0.15, 0.2) is 0 Å². The van der Waals surface area contributed by atoms with Crippen LogP contribution in [0.3, 0.4) is 0 Å². The first kappa shape index (κ1) is 22.3. The van der Waals surface area contributed by atoms with Crippen LogP contribution in [0.15, 0.2) is 53.4 Å². The lowest BCUT2D eigenvalue weighted by atomic mass is 9.88. The molecule has 2 N–H and O–H groups in total. The van der Waals surface area contributed by atoms with Crippen molar-refractivity contribution in [1.82, 2.24) is 9.62 Å². The van der Waals surface area contributed by atoms with E-state index in [4.69, 9.17) is 11.6 Å². The first-order valence-electron chi connectivity index (χ1n) is 10.8. The highest BCUT2D eigenvalue weighted by Gasteiger charge is 2.35. The summed E-state index contributed by atoms with van der Waals surface area (Å²) in [5, 5.41) is 6.99. The smallest absolute Gasteiger partial charge is 0.243 e. The molecule has 1 saturated heterocycles. The number of hydrogen-bond acceptors (Lipinski definition) is 4. The van der Waals surface area contributed by atoms with Crippen LogP contribution in [-0.4, -0.2) is 38.3 Å². The number of hydrogen-bond donors (Lipinski definition) is 2. The van der Waals surface area contributed by atoms with Crippen molar-refractivity contribution in [1.29, 1.82) is 0 Å². The number of carbonyl (C=O) groups is 1. The summed E-state index contributed by atoms with van der Waals surface area (Å²) in [5.41, 5.74) is 1.39. The summed E-state index contributed by atoms with van der Waals surface area (Å²) in [7, 11) is -3.52. The molecule has 0 radical (unpaired) electrons. The van der Waals surface area contributed by atoms with Crippen molar-refractivity contribution in [3.63, 3.8) is 0 Å². The normalized spacial score (nSPS) is 18.9. The highest BCUT2D eigenvalue weighted by Crippen LogP contribution is 2.39. The van der Waals surface area contributed by atoms with Crippen molar-refractivity contribution >= 4 is 33.2 Å². The van der Waals surface area contributed by atoms with Crippen LogP contribution in [0.4, 0.5) is 5.69 Å². The molecule has 2 aromatic rings. The summed E-state index contributed by atoms with van der Waals surface area (Å²) in [6, 6.07) is 14.3. The summed E-state index contributed by atoms with van der Waals surface area (Å²) in [6.45, 7) is 1.25. The monoisotopic (exact) mass is 461 g/mol. The van der Waals surface area contributed by atoms with E-state index in [1.165, 1.54) is 10.4 Å². The lowest BCUT2D eigenvalue weighted by Crippen LogP contribution is -2.44. The number of benzene rings is 2. The van der Waals surface area contributed by atoms with Gasteiger partial charge in [-0.15, -0.1) is 0 Å². The van der Waals surface area contributed by atoms with Crippen molar-refractivity contribution in [3.05, 3.63) is 59.1 Å². The van der Waals surface area contributed by atoms with Crippen molar-refractivity contribution < 1.29 is 13.2 Å². The van der Waals surface area contributed by atoms with E-state index in [0.29, 0.717) is 23.8 Å². The zero-order chi connectivity index (χ0) is 21.9. The summed E-state index contributed by atoms with van der Waals surface area (Å²) in [5.74, 6) is -0.198. The van der Waals surface area contributed by atoms with Gasteiger partial charge < -0.3 is 5.32 Å². The molecule has 0 atom stereocenters. The Labute approximate surface area is 189 Å². The van der Waals surface area contributed by atoms with Crippen LogP contribution in [0.2, 0.25) is 5.02 Å². The molecule has 0 bridgehead atoms. The predicted octanol–water partition coefficient (Wildman–Crippen LogP) is 4.12. The molecule has 2 aromatic carbocycles. The predicted molar refractivity (Wildman–Crippen MR) is 123 cm³/mol. The van der Waals surface area contributed by atoms with Gasteiger partial charge in [-0.25, -0.2) is 8.42 Å². The number of sulfonamides is 1. The molecule has 4 rings (SSSR count). The fourth-order valence-electron chi connectivity index (χ4n) is 4.58. The van der Waals surface area contributed by atoms with Crippen molar-refractivity contribution in [2.24, 2.45) is 0 Å². The van der Waals surface area contributed by atoms with Gasteiger partial charge in [-0.2, -0.15) is 4.31 Å². The van der Waals surface area contributed by atoms with Crippen LogP contribution in [0.1, 0.15) is 44.1 Å². The molecule has 2 aliphatic rings. The molecule has 8 heteroatoms. The second-order valence-electron chi connectivity index (χ2n) is 8.34. The fourth-order valence-corrected chi connectivity index (χ4v) is 6.27. The van der Waals surface area contributed by atoms with Gasteiger partial charge in [-0.3, -0.25) is 10.1 Å². The second kappa shape index (κ2) is 9.28. The molecule has 1 saturated carbocycles. The minimum atomic E-state index is -3.52. The number of anilines is 1. The zero-order valence-corrected chi connectivity index (χ0v) is 19.0. The summed E-state index contributed by atoms with van der Waals surface area (Å²) in [4.78, 5) is 12.9. The molecule has 166 valence electrons. The Kier molecular flexibility index (Phi) is 6.67. The number of nitrogens with zero attached hydrogens (tertiary/aromatic N) is 1. The minimum Gasteiger partial charge on any atom is -0.325 e. The topological polar surface area (TPSA) is 78.5 Å². The quantitative estimate of drug-likeness (QED) is 0.650. The molecule has 1 amide bonds. The Balaban J connectivity index is 1.42. The molecular weight excluding hydrogens is 434 g/mol. The second-order valence-corrected chi connectivity index (χ2v) is 10.7. The van der Waals surface area contributed by atoms with Gasteiger partial charge in [0.05, 0.1) is 11.4 Å². The molecule has 0 spiro atoms. The fraction of sp³-hybridized carbons (Fsp3) is 0.435. The third-order valence-corrected chi connectivity index (χ3v) is 8.41. The number of amides is 1. The SMILES string of the molecule is O=C(CNC1(c2ccc(Cl)cc2)CCCC1)Nc1cccc(S(=O)(=O)N2CCCC2)c1. The molecule has 2 fully saturated rings. The highest BCUT2D eigenvalue weighted by molar-refractivity contribution is 7.89. The van der Waals surface area contributed by atoms with E-state index in [2.05, 4.69) is 10.6 Å². The van der Waals surface area contributed by atoms with Gasteiger partial charge in [0.2, 0.25) is 15.9 Å². The van der Waals surface area contributed by atoms with Gasteiger partial charge in [-0.1, -0.05) is 42.6 Å². The Morgan fingerprint density at radius 1 is 1.00 bits per heavy atom. The molecule has 0 aromatic heterocycles. The maximum atomic E-state index is 12.8. The Morgan fingerprint density at radius 3 is 2.35 bits per heavy atom. The lowest BCUT2D eigenvalue weighted by Gasteiger charge is -2.31. The van der Waals surface area contributed by atoms with Crippen molar-refractivity contribution in [2.75, 3.05) is 25.0 Å². The van der Waals surface area contributed by atoms with Gasteiger partial charge in [0.25, 0.3) is 0 Å². The van der Waals surface area contributed by atoms with Gasteiger partial charge >= 0.3 is 0 Å². The van der Waals surface area contributed by atoms with Crippen molar-refractivity contribution in [2.45, 2.75) is 49.0 Å². The van der Waals surface area contributed by atoms with Gasteiger partial charge in [-0.05, 0) is 61.6 Å². The largest absolute Gasteiger partial charge is 0.325 e. The maximum absolute atomic E-state index is 12.8. The van der Waals surface area contributed by atoms with E-state index in [0.717, 1.165) is 44.1 Å². The summed E-state index contributed by atoms with van der Waals surface area (Å²) >= 11 is 6.04. The van der Waals surface area contributed by atoms with Crippen LogP contribution < -0.4 is 10.6 Å². The first-order valence-corrected chi connectivity index (χ1v) is 12.6. The molecule has 6 nitrogen and oxygen atoms in total. The van der Waals surface area contributed by atoms with Crippen molar-refractivity contribution in [3.8, 4) is 0 Å². The number of halogens is 1. The van der Waals surface area contributed by atoms with Crippen LogP contribution in [0, 0.1) is 0 Å². The molecule has 1 aliphatic carbocycles. The Hall–Kier alpha value is -1.93. The Morgan fingerprint density at radius 2 is 1.68 bits per heavy atom. The summed E-state index contributed by atoms with van der Waals surface area (Å²) in [6.07, 6.45) is 5.91. The van der Waals surface area contributed by atoms with E-state index in [1.807, 2.05) is 24.3 Å². The number of rotatable bonds is 7. The Bertz CT molecular complexity index is 1030. The minimum absolute atomic E-state index is 0.145. The number of nitrogens with one attached hydrogen (secondary N) is 2. The molecule has 31 heavy (non-hydrogen) atoms.